The molecule has 2 fully saturated rings. The number of hydrogen-bond donors (Lipinski definition) is 3. The van der Waals surface area contributed by atoms with Gasteiger partial charge in [0.2, 0.25) is 10.0 Å². The van der Waals surface area contributed by atoms with Crippen LogP contribution in [-0.2, 0) is 21.2 Å². The van der Waals surface area contributed by atoms with Gasteiger partial charge in [0, 0.05) is 19.6 Å². The van der Waals surface area contributed by atoms with Crippen molar-refractivity contribution in [2.75, 3.05) is 33.3 Å². The minimum Gasteiger partial charge on any atom is -0.497 e. The molecule has 0 spiro atoms. The molecule has 3 N–H and O–H groups in total. The zero-order valence-corrected chi connectivity index (χ0v) is 24.0. The quantitative estimate of drug-likeness (QED) is 0.352. The Kier molecular flexibility index (Phi) is 11.9. The molecule has 1 saturated heterocycles. The van der Waals surface area contributed by atoms with Crippen molar-refractivity contribution < 1.29 is 27.8 Å². The Morgan fingerprint density at radius 3 is 2.41 bits per heavy atom. The van der Waals surface area contributed by atoms with Crippen molar-refractivity contribution in [1.29, 1.82) is 0 Å². The Balaban J connectivity index is 0.00000420. The first kappa shape index (κ1) is 31.2. The van der Waals surface area contributed by atoms with Crippen molar-refractivity contribution in [2.45, 2.75) is 61.7 Å². The lowest BCUT2D eigenvalue weighted by Gasteiger charge is -2.31. The van der Waals surface area contributed by atoms with E-state index in [0.717, 1.165) is 44.2 Å². The molecule has 1 saturated carbocycles. The smallest absolute Gasteiger partial charge is 0.407 e. The molecule has 1 amide bonds. The molecule has 0 aromatic heterocycles. The maximum absolute atomic E-state index is 13.7. The molecule has 39 heavy (non-hydrogen) atoms. The largest absolute Gasteiger partial charge is 0.497 e. The van der Waals surface area contributed by atoms with Crippen molar-refractivity contribution in [2.24, 2.45) is 5.92 Å². The third kappa shape index (κ3) is 8.81. The molecule has 1 heterocycles. The average molecular weight is 582 g/mol. The molecular weight excluding hydrogens is 542 g/mol. The van der Waals surface area contributed by atoms with E-state index in [2.05, 4.69) is 10.6 Å². The van der Waals surface area contributed by atoms with Crippen molar-refractivity contribution in [3.8, 4) is 5.75 Å². The van der Waals surface area contributed by atoms with Gasteiger partial charge in [-0.05, 0) is 68.0 Å². The molecule has 1 aliphatic carbocycles. The fourth-order valence-electron chi connectivity index (χ4n) is 5.20. The predicted molar refractivity (Wildman–Crippen MR) is 152 cm³/mol. The monoisotopic (exact) mass is 581 g/mol. The van der Waals surface area contributed by atoms with Crippen LogP contribution >= 0.6 is 12.4 Å². The van der Waals surface area contributed by atoms with Gasteiger partial charge in [-0.1, -0.05) is 43.2 Å². The first-order valence-electron chi connectivity index (χ1n) is 13.4. The number of rotatable bonds is 12. The molecular formula is C28H40ClN3O6S. The van der Waals surface area contributed by atoms with Crippen molar-refractivity contribution in [3.63, 3.8) is 0 Å². The summed E-state index contributed by atoms with van der Waals surface area (Å²) in [5.74, 6) is 0.796. The van der Waals surface area contributed by atoms with Gasteiger partial charge in [0.25, 0.3) is 0 Å². The lowest BCUT2D eigenvalue weighted by molar-refractivity contribution is 0.0752. The lowest BCUT2D eigenvalue weighted by atomic mass is 10.0. The third-order valence-electron chi connectivity index (χ3n) is 7.38. The highest BCUT2D eigenvalue weighted by Crippen LogP contribution is 2.29. The minimum absolute atomic E-state index is 0. The second-order valence-corrected chi connectivity index (χ2v) is 12.1. The van der Waals surface area contributed by atoms with Crippen LogP contribution in [-0.4, -0.2) is 75.5 Å². The summed E-state index contributed by atoms with van der Waals surface area (Å²) in [5, 5.41) is 17.4. The van der Waals surface area contributed by atoms with Crippen LogP contribution in [0.1, 0.15) is 37.7 Å². The number of aliphatic hydroxyl groups excluding tert-OH is 1. The molecule has 2 aromatic rings. The van der Waals surface area contributed by atoms with Gasteiger partial charge < -0.3 is 25.2 Å². The summed E-state index contributed by atoms with van der Waals surface area (Å²) < 4.78 is 39.6. The number of nitrogens with zero attached hydrogens (tertiary/aromatic N) is 1. The van der Waals surface area contributed by atoms with Gasteiger partial charge >= 0.3 is 6.09 Å². The maximum atomic E-state index is 13.7. The number of amides is 1. The Hall–Kier alpha value is -2.37. The molecule has 216 valence electrons. The number of alkyl carbamates (subject to hydrolysis) is 1. The van der Waals surface area contributed by atoms with Crippen LogP contribution in [0.15, 0.2) is 59.5 Å². The number of benzene rings is 2. The van der Waals surface area contributed by atoms with Crippen LogP contribution in [0.25, 0.3) is 0 Å². The fraction of sp³-hybridized carbons (Fsp3) is 0.536. The molecule has 0 radical (unpaired) electrons. The number of nitrogens with one attached hydrogen (secondary N) is 2. The van der Waals surface area contributed by atoms with E-state index in [9.17, 15) is 18.3 Å². The first-order valence-corrected chi connectivity index (χ1v) is 14.8. The first-order chi connectivity index (χ1) is 18.3. The van der Waals surface area contributed by atoms with Gasteiger partial charge in [-0.3, -0.25) is 0 Å². The second kappa shape index (κ2) is 14.9. The number of ether oxygens (including phenoxy) is 2. The van der Waals surface area contributed by atoms with Crippen LogP contribution in [0.3, 0.4) is 0 Å². The highest BCUT2D eigenvalue weighted by molar-refractivity contribution is 7.89. The maximum Gasteiger partial charge on any atom is 0.407 e. The Bertz CT molecular complexity index is 1120. The zero-order valence-electron chi connectivity index (χ0n) is 22.3. The van der Waals surface area contributed by atoms with E-state index in [-0.39, 0.29) is 35.9 Å². The molecule has 4 rings (SSSR count). The number of sulfonamides is 1. The van der Waals surface area contributed by atoms with E-state index in [1.165, 1.54) is 23.5 Å². The molecule has 1 unspecified atom stereocenters. The number of carbonyl (C=O) groups is 1. The normalized spacial score (nSPS) is 19.3. The van der Waals surface area contributed by atoms with Gasteiger partial charge in [-0.2, -0.15) is 4.31 Å². The summed E-state index contributed by atoms with van der Waals surface area (Å²) in [5.41, 5.74) is 0.916. The van der Waals surface area contributed by atoms with Crippen molar-refractivity contribution in [1.82, 2.24) is 14.9 Å². The van der Waals surface area contributed by atoms with Gasteiger partial charge in [-0.15, -0.1) is 12.4 Å². The average Bonchev–Trinajstić information content (AvgIpc) is 3.63. The summed E-state index contributed by atoms with van der Waals surface area (Å²) in [7, 11) is -2.37. The van der Waals surface area contributed by atoms with E-state index in [1.54, 1.807) is 12.1 Å². The SMILES string of the molecule is COc1ccc(S(=O)(=O)N(CC2CCCC2)C[C@H](O)C(Cc2ccccc2)NC(=O)O[C@@H]2CCNC2)cc1.Cl. The summed E-state index contributed by atoms with van der Waals surface area (Å²) in [4.78, 5) is 12.9. The lowest BCUT2D eigenvalue weighted by Crippen LogP contribution is -2.51. The molecule has 11 heteroatoms. The molecule has 2 aliphatic rings. The second-order valence-electron chi connectivity index (χ2n) is 10.2. The van der Waals surface area contributed by atoms with Gasteiger partial charge in [-0.25, -0.2) is 13.2 Å². The third-order valence-corrected chi connectivity index (χ3v) is 9.23. The number of carbonyl (C=O) groups excluding carboxylic acids is 1. The van der Waals surface area contributed by atoms with E-state index >= 15 is 0 Å². The summed E-state index contributed by atoms with van der Waals surface area (Å²) >= 11 is 0. The molecule has 9 nitrogen and oxygen atoms in total. The van der Waals surface area contributed by atoms with E-state index in [0.29, 0.717) is 25.3 Å². The minimum atomic E-state index is -3.90. The summed E-state index contributed by atoms with van der Waals surface area (Å²) in [6.45, 7) is 1.55. The van der Waals surface area contributed by atoms with Crippen molar-refractivity contribution >= 4 is 28.5 Å². The van der Waals surface area contributed by atoms with Gasteiger partial charge in [0.1, 0.15) is 11.9 Å². The highest BCUT2D eigenvalue weighted by Gasteiger charge is 2.33. The van der Waals surface area contributed by atoms with E-state index in [1.807, 2.05) is 30.3 Å². The number of halogens is 1. The summed E-state index contributed by atoms with van der Waals surface area (Å²) in [6.07, 6.45) is 3.13. The van der Waals surface area contributed by atoms with Crippen LogP contribution < -0.4 is 15.4 Å². The Morgan fingerprint density at radius 2 is 1.79 bits per heavy atom. The van der Waals surface area contributed by atoms with Crippen LogP contribution in [0.5, 0.6) is 5.75 Å². The highest BCUT2D eigenvalue weighted by atomic mass is 35.5. The van der Waals surface area contributed by atoms with Crippen LogP contribution in [0, 0.1) is 5.92 Å². The van der Waals surface area contributed by atoms with E-state index < -0.39 is 28.3 Å². The predicted octanol–water partition coefficient (Wildman–Crippen LogP) is 3.36. The zero-order chi connectivity index (χ0) is 27.0. The standard InChI is InChI=1S/C28H39N3O6S.ClH/c1-36-23-11-13-25(14-12-23)38(34,35)31(19-22-9-5-6-10-22)20-27(32)26(17-21-7-3-2-4-8-21)30-28(33)37-24-15-16-29-18-24;/h2-4,7-8,11-14,22,24,26-27,29,32H,5-6,9-10,15-20H2,1H3,(H,30,33);1H/t24-,26?,27+;/m1./s1. The molecule has 3 atom stereocenters. The number of methoxy groups -OCH3 is 1. The topological polar surface area (TPSA) is 117 Å². The molecule has 2 aromatic carbocycles. The molecule has 0 bridgehead atoms. The molecule has 1 aliphatic heterocycles. The van der Waals surface area contributed by atoms with Crippen LogP contribution in [0.4, 0.5) is 4.79 Å². The van der Waals surface area contributed by atoms with Gasteiger partial charge in [0.15, 0.2) is 0 Å². The Morgan fingerprint density at radius 1 is 1.10 bits per heavy atom. The van der Waals surface area contributed by atoms with Crippen LogP contribution in [0.2, 0.25) is 0 Å². The van der Waals surface area contributed by atoms with Gasteiger partial charge in [0.05, 0.1) is 24.2 Å². The Labute approximate surface area is 237 Å². The fourth-order valence-corrected chi connectivity index (χ4v) is 6.74. The van der Waals surface area contributed by atoms with E-state index in [4.69, 9.17) is 9.47 Å². The number of aliphatic hydroxyl groups is 1. The summed E-state index contributed by atoms with van der Waals surface area (Å²) in [6, 6.07) is 15.0. The number of hydrogen-bond acceptors (Lipinski definition) is 7. The van der Waals surface area contributed by atoms with Crippen molar-refractivity contribution in [3.05, 3.63) is 60.2 Å².